The molecule has 8 nitrogen and oxygen atoms in total. The van der Waals surface area contributed by atoms with Crippen LogP contribution in [0.2, 0.25) is 0 Å². The van der Waals surface area contributed by atoms with Gasteiger partial charge in [0.1, 0.15) is 0 Å². The first-order chi connectivity index (χ1) is 4.00. The summed E-state index contributed by atoms with van der Waals surface area (Å²) in [5.74, 6) is 0. The van der Waals surface area contributed by atoms with Crippen molar-refractivity contribution < 1.29 is 78.6 Å². The number of rotatable bonds is 0. The van der Waals surface area contributed by atoms with Crippen LogP contribution < -0.4 is 16.6 Å². The fraction of sp³-hybridized carbons (Fsp3) is 0. The molecule has 0 N–H and O–H groups in total. The molecular formula is Cr2O8PbZn. The van der Waals surface area contributed by atoms with Gasteiger partial charge in [-0.25, -0.2) is 0 Å². The minimum atomic E-state index is -5.75. The number of hydrogen-bond acceptors (Lipinski definition) is 8. The molecule has 0 heterocycles. The Bertz CT molecular complexity index is 213. The van der Waals surface area contributed by atoms with E-state index >= 15 is 0 Å². The van der Waals surface area contributed by atoms with Crippen LogP contribution in [0.15, 0.2) is 0 Å². The Kier molecular flexibility index (Phi) is 18.0. The maximum Gasteiger partial charge on any atom is 2.00 e. The molecule has 0 aromatic rings. The largest absolute Gasteiger partial charge is 2.00 e. The Balaban J connectivity index is -0.0000000457. The molecule has 0 saturated carbocycles. The zero-order valence-corrected chi connectivity index (χ0v) is 14.7. The van der Waals surface area contributed by atoms with E-state index in [1.165, 1.54) is 0 Å². The van der Waals surface area contributed by atoms with Gasteiger partial charge in [-0.2, -0.15) is 0 Å². The van der Waals surface area contributed by atoms with Crippen LogP contribution >= 0.6 is 0 Å². The van der Waals surface area contributed by atoms with Crippen molar-refractivity contribution in [3.05, 3.63) is 0 Å². The molecule has 66 valence electrons. The third-order valence-corrected chi connectivity index (χ3v) is 0. The molecule has 0 rings (SSSR count). The SMILES string of the molecule is [O]=[Cr](=[O])([O-])[O-].[O]=[Cr](=[O])([O-])[O-].[Pb+2].[Zn+2]. The molecule has 0 aliphatic carbocycles. The summed E-state index contributed by atoms with van der Waals surface area (Å²) in [5, 5.41) is 0. The Labute approximate surface area is 105 Å². The van der Waals surface area contributed by atoms with E-state index in [0.29, 0.717) is 0 Å². The van der Waals surface area contributed by atoms with E-state index < -0.39 is 27.2 Å². The Hall–Kier alpha value is 1.65. The Morgan fingerprint density at radius 2 is 0.667 bits per heavy atom. The van der Waals surface area contributed by atoms with Gasteiger partial charge in [0.15, 0.2) is 0 Å². The molecule has 0 amide bonds. The number of hydrogen-bond donors (Lipinski definition) is 0. The van der Waals surface area contributed by atoms with Gasteiger partial charge in [-0.3, -0.25) is 0 Å². The molecule has 0 atom stereocenters. The van der Waals surface area contributed by atoms with Crippen molar-refractivity contribution in [1.82, 2.24) is 0 Å². The average Bonchev–Trinajstić information content (AvgIpc) is 1.12. The third-order valence-electron chi connectivity index (χ3n) is 0. The van der Waals surface area contributed by atoms with Crippen LogP contribution in [0.4, 0.5) is 0 Å². The van der Waals surface area contributed by atoms with Crippen LogP contribution in [0.1, 0.15) is 0 Å². The van der Waals surface area contributed by atoms with E-state index in [4.69, 9.17) is 31.8 Å². The monoisotopic (exact) mass is 504 g/mol. The standard InChI is InChI=1S/2Cr.8O.Pb.Zn/q;;;;;;4*-1;2*+2. The van der Waals surface area contributed by atoms with E-state index in [1.54, 1.807) is 0 Å². The van der Waals surface area contributed by atoms with Crippen LogP contribution in [0, 0.1) is 0 Å². The first kappa shape index (κ1) is 23.5. The summed E-state index contributed by atoms with van der Waals surface area (Å²) in [5.41, 5.74) is 0. The molecule has 0 spiro atoms. The molecule has 2 radical (unpaired) electrons. The van der Waals surface area contributed by atoms with Gasteiger partial charge >= 0.3 is 106 Å². The fourth-order valence-corrected chi connectivity index (χ4v) is 0. The zero-order chi connectivity index (χ0) is 9.00. The maximum absolute atomic E-state index is 8.59. The molecule has 0 aromatic carbocycles. The van der Waals surface area contributed by atoms with Crippen molar-refractivity contribution >= 4 is 27.3 Å². The molecular weight excluding hydrogens is 505 g/mol. The van der Waals surface area contributed by atoms with E-state index in [-0.39, 0.29) is 46.8 Å². The Morgan fingerprint density at radius 3 is 0.667 bits per heavy atom. The molecule has 0 aliphatic rings. The van der Waals surface area contributed by atoms with Crippen LogP contribution in [-0.2, 0) is 61.9 Å². The molecule has 0 aromatic heterocycles. The summed E-state index contributed by atoms with van der Waals surface area (Å²) in [4.78, 5) is 0. The van der Waals surface area contributed by atoms with Crippen molar-refractivity contribution in [2.75, 3.05) is 0 Å². The molecule has 0 fully saturated rings. The first-order valence-electron chi connectivity index (χ1n) is 1.33. The minimum absolute atomic E-state index is 0. The van der Waals surface area contributed by atoms with Crippen LogP contribution in [0.25, 0.3) is 0 Å². The fourth-order valence-electron chi connectivity index (χ4n) is 0. The van der Waals surface area contributed by atoms with E-state index in [2.05, 4.69) is 0 Å². The van der Waals surface area contributed by atoms with Crippen molar-refractivity contribution in [2.45, 2.75) is 0 Å². The summed E-state index contributed by atoms with van der Waals surface area (Å²) in [6.45, 7) is 0. The van der Waals surface area contributed by atoms with Crippen molar-refractivity contribution in [1.29, 1.82) is 0 Å². The van der Waals surface area contributed by atoms with E-state index in [1.807, 2.05) is 0 Å². The molecule has 0 saturated heterocycles. The van der Waals surface area contributed by atoms with Crippen LogP contribution in [0.5, 0.6) is 0 Å². The van der Waals surface area contributed by atoms with Crippen LogP contribution in [0.3, 0.4) is 0 Å². The first-order valence-corrected chi connectivity index (χ1v) is 5.50. The van der Waals surface area contributed by atoms with E-state index in [9.17, 15) is 0 Å². The van der Waals surface area contributed by atoms with E-state index in [0.717, 1.165) is 0 Å². The minimum Gasteiger partial charge on any atom is 2.00 e. The van der Waals surface area contributed by atoms with Gasteiger partial charge in [-0.15, -0.1) is 0 Å². The summed E-state index contributed by atoms with van der Waals surface area (Å²) in [6.07, 6.45) is 0. The van der Waals surface area contributed by atoms with Gasteiger partial charge in [0.2, 0.25) is 0 Å². The second-order valence-corrected chi connectivity index (χ2v) is 3.37. The second kappa shape index (κ2) is 9.21. The Morgan fingerprint density at radius 1 is 0.667 bits per heavy atom. The molecule has 0 unspecified atom stereocenters. The van der Waals surface area contributed by atoms with Gasteiger partial charge in [-0.1, -0.05) is 0 Å². The topological polar surface area (TPSA) is 161 Å². The molecule has 0 aliphatic heterocycles. The van der Waals surface area contributed by atoms with Gasteiger partial charge in [0.05, 0.1) is 0 Å². The quantitative estimate of drug-likeness (QED) is 0.295. The summed E-state index contributed by atoms with van der Waals surface area (Å²) in [6, 6.07) is 0. The molecule has 12 heteroatoms. The average molecular weight is 505 g/mol. The van der Waals surface area contributed by atoms with Crippen LogP contribution in [-0.4, -0.2) is 27.3 Å². The summed E-state index contributed by atoms with van der Waals surface area (Å²) >= 11 is -11.5. The summed E-state index contributed by atoms with van der Waals surface area (Å²) in [7, 11) is 0. The molecule has 0 bridgehead atoms. The van der Waals surface area contributed by atoms with Crippen molar-refractivity contribution in [3.8, 4) is 0 Å². The second-order valence-electron chi connectivity index (χ2n) is 0.816. The van der Waals surface area contributed by atoms with Crippen molar-refractivity contribution in [3.63, 3.8) is 0 Å². The molecule has 12 heavy (non-hydrogen) atoms. The smallest absolute Gasteiger partial charge is 2.00 e. The third kappa shape index (κ3) is 485. The van der Waals surface area contributed by atoms with Crippen molar-refractivity contribution in [2.24, 2.45) is 0 Å². The van der Waals surface area contributed by atoms with Gasteiger partial charge in [0, 0.05) is 0 Å². The zero-order valence-electron chi connectivity index (χ0n) is 5.29. The predicted molar refractivity (Wildman–Crippen MR) is 8.50 cm³/mol. The van der Waals surface area contributed by atoms with Gasteiger partial charge in [-0.05, 0) is 0 Å². The predicted octanol–water partition coefficient (Wildman–Crippen LogP) is -5.62. The normalized spacial score (nSPS) is 9.67. The maximum atomic E-state index is 8.59. The van der Waals surface area contributed by atoms with Gasteiger partial charge < -0.3 is 0 Å². The van der Waals surface area contributed by atoms with Gasteiger partial charge in [0.25, 0.3) is 0 Å². The summed E-state index contributed by atoms with van der Waals surface area (Å²) < 4.78 is 68.8.